The molecule has 2 aromatic carbocycles. The second-order valence-electron chi connectivity index (χ2n) is 6.71. The molecular weight excluding hydrogens is 342 g/mol. The van der Waals surface area contributed by atoms with E-state index >= 15 is 0 Å². The first kappa shape index (κ1) is 18.1. The molecule has 0 saturated carbocycles. The van der Waals surface area contributed by atoms with Gasteiger partial charge in [0.15, 0.2) is 5.13 Å². The lowest BCUT2D eigenvalue weighted by Gasteiger charge is -2.09. The van der Waals surface area contributed by atoms with Gasteiger partial charge in [-0.15, -0.1) is 0 Å². The molecule has 0 saturated heterocycles. The number of ketones is 1. The van der Waals surface area contributed by atoms with Crippen molar-refractivity contribution >= 4 is 33.8 Å². The molecule has 0 aliphatic rings. The van der Waals surface area contributed by atoms with Crippen molar-refractivity contribution in [1.82, 2.24) is 4.98 Å². The van der Waals surface area contributed by atoms with Crippen LogP contribution in [0.2, 0.25) is 0 Å². The second-order valence-corrected chi connectivity index (χ2v) is 7.70. The molecule has 3 aromatic rings. The van der Waals surface area contributed by atoms with Gasteiger partial charge >= 0.3 is 0 Å². The molecule has 0 spiro atoms. The zero-order valence-corrected chi connectivity index (χ0v) is 16.5. The maximum absolute atomic E-state index is 13.0. The summed E-state index contributed by atoms with van der Waals surface area (Å²) in [5.41, 5.74) is 13.2. The molecule has 0 bridgehead atoms. The Bertz CT molecular complexity index is 984. The van der Waals surface area contributed by atoms with E-state index in [-0.39, 0.29) is 11.6 Å². The molecule has 0 amide bonds. The SMILES string of the molecule is Cc1cc(C)c(C(=O)c2sc(Nc3c(C)cccc3C)nc2N)cc1C. The number of aryl methyl sites for hydroxylation is 5. The molecule has 0 atom stereocenters. The monoisotopic (exact) mass is 365 g/mol. The lowest BCUT2D eigenvalue weighted by atomic mass is 9.97. The predicted molar refractivity (Wildman–Crippen MR) is 110 cm³/mol. The van der Waals surface area contributed by atoms with Crippen LogP contribution in [-0.2, 0) is 0 Å². The van der Waals surface area contributed by atoms with E-state index in [9.17, 15) is 4.79 Å². The topological polar surface area (TPSA) is 68.0 Å². The van der Waals surface area contributed by atoms with Crippen LogP contribution in [0.5, 0.6) is 0 Å². The number of carbonyl (C=O) groups is 1. The first-order chi connectivity index (χ1) is 12.3. The Morgan fingerprint density at radius 1 is 0.962 bits per heavy atom. The Kier molecular flexibility index (Phi) is 4.83. The molecule has 5 heteroatoms. The number of aromatic nitrogens is 1. The van der Waals surface area contributed by atoms with Gasteiger partial charge < -0.3 is 11.1 Å². The summed E-state index contributed by atoms with van der Waals surface area (Å²) in [5, 5.41) is 3.95. The van der Waals surface area contributed by atoms with Gasteiger partial charge in [-0.25, -0.2) is 4.98 Å². The van der Waals surface area contributed by atoms with Crippen molar-refractivity contribution in [2.24, 2.45) is 0 Å². The molecular formula is C21H23N3OS. The smallest absolute Gasteiger partial charge is 0.207 e. The summed E-state index contributed by atoms with van der Waals surface area (Å²) in [5.74, 6) is 0.196. The van der Waals surface area contributed by atoms with Gasteiger partial charge in [0.2, 0.25) is 5.78 Å². The number of nitrogens with zero attached hydrogens (tertiary/aromatic N) is 1. The van der Waals surface area contributed by atoms with Gasteiger partial charge in [-0.05, 0) is 68.5 Å². The number of rotatable bonds is 4. The summed E-state index contributed by atoms with van der Waals surface area (Å²) in [4.78, 5) is 17.9. The first-order valence-electron chi connectivity index (χ1n) is 8.50. The maximum atomic E-state index is 13.0. The predicted octanol–water partition coefficient (Wildman–Crippen LogP) is 5.24. The number of carbonyl (C=O) groups excluding carboxylic acids is 1. The third kappa shape index (κ3) is 3.35. The molecule has 3 rings (SSSR count). The zero-order valence-electron chi connectivity index (χ0n) is 15.7. The third-order valence-corrected chi connectivity index (χ3v) is 5.64. The molecule has 0 fully saturated rings. The highest BCUT2D eigenvalue weighted by Crippen LogP contribution is 2.32. The van der Waals surface area contributed by atoms with E-state index in [4.69, 9.17) is 5.73 Å². The van der Waals surface area contributed by atoms with Crippen molar-refractivity contribution in [2.45, 2.75) is 34.6 Å². The standard InChI is InChI=1S/C21H23N3OS/c1-11-7-6-8-12(2)17(11)23-21-24-20(22)19(26-21)18(25)16-10-14(4)13(3)9-15(16)5/h6-10H,22H2,1-5H3,(H,23,24). The molecule has 4 nitrogen and oxygen atoms in total. The number of thiazole rings is 1. The molecule has 3 N–H and O–H groups in total. The summed E-state index contributed by atoms with van der Waals surface area (Å²) in [6.45, 7) is 10.1. The number of hydrogen-bond donors (Lipinski definition) is 2. The van der Waals surface area contributed by atoms with Gasteiger partial charge in [-0.2, -0.15) is 0 Å². The Hall–Kier alpha value is -2.66. The fourth-order valence-electron chi connectivity index (χ4n) is 2.99. The average molecular weight is 366 g/mol. The van der Waals surface area contributed by atoms with Crippen LogP contribution in [0, 0.1) is 34.6 Å². The lowest BCUT2D eigenvalue weighted by Crippen LogP contribution is -2.05. The largest absolute Gasteiger partial charge is 0.382 e. The van der Waals surface area contributed by atoms with Crippen molar-refractivity contribution in [2.75, 3.05) is 11.1 Å². The van der Waals surface area contributed by atoms with E-state index in [0.29, 0.717) is 15.6 Å². The van der Waals surface area contributed by atoms with Crippen LogP contribution in [-0.4, -0.2) is 10.8 Å². The van der Waals surface area contributed by atoms with Crippen LogP contribution in [0.15, 0.2) is 30.3 Å². The van der Waals surface area contributed by atoms with Gasteiger partial charge in [0.05, 0.1) is 0 Å². The number of nitrogen functional groups attached to an aromatic ring is 1. The maximum Gasteiger partial charge on any atom is 0.207 e. The fraction of sp³-hybridized carbons (Fsp3) is 0.238. The molecule has 1 aromatic heterocycles. The van der Waals surface area contributed by atoms with Crippen LogP contribution in [0.1, 0.15) is 43.1 Å². The quantitative estimate of drug-likeness (QED) is 0.620. The minimum Gasteiger partial charge on any atom is -0.382 e. The van der Waals surface area contributed by atoms with Crippen molar-refractivity contribution in [1.29, 1.82) is 0 Å². The van der Waals surface area contributed by atoms with Gasteiger partial charge in [-0.3, -0.25) is 4.79 Å². The molecule has 134 valence electrons. The van der Waals surface area contributed by atoms with E-state index in [0.717, 1.165) is 27.9 Å². The Labute approximate surface area is 158 Å². The van der Waals surface area contributed by atoms with Gasteiger partial charge in [0, 0.05) is 11.3 Å². The van der Waals surface area contributed by atoms with Crippen molar-refractivity contribution in [3.63, 3.8) is 0 Å². The van der Waals surface area contributed by atoms with E-state index in [1.807, 2.05) is 65.0 Å². The van der Waals surface area contributed by atoms with E-state index in [1.165, 1.54) is 16.9 Å². The molecule has 0 unspecified atom stereocenters. The summed E-state index contributed by atoms with van der Waals surface area (Å²) < 4.78 is 0. The number of anilines is 3. The third-order valence-electron chi connectivity index (χ3n) is 4.66. The van der Waals surface area contributed by atoms with Crippen LogP contribution < -0.4 is 11.1 Å². The molecule has 26 heavy (non-hydrogen) atoms. The highest BCUT2D eigenvalue weighted by molar-refractivity contribution is 7.18. The molecule has 0 aliphatic carbocycles. The normalized spacial score (nSPS) is 10.8. The van der Waals surface area contributed by atoms with Crippen molar-refractivity contribution < 1.29 is 4.79 Å². The summed E-state index contributed by atoms with van der Waals surface area (Å²) >= 11 is 1.30. The van der Waals surface area contributed by atoms with Crippen molar-refractivity contribution in [3.8, 4) is 0 Å². The van der Waals surface area contributed by atoms with Crippen LogP contribution in [0.4, 0.5) is 16.6 Å². The second kappa shape index (κ2) is 6.92. The number of nitrogens with one attached hydrogen (secondary N) is 1. The molecule has 0 radical (unpaired) electrons. The Balaban J connectivity index is 1.96. The summed E-state index contributed by atoms with van der Waals surface area (Å²) in [6, 6.07) is 10.1. The number of benzene rings is 2. The molecule has 1 heterocycles. The highest BCUT2D eigenvalue weighted by Gasteiger charge is 2.20. The van der Waals surface area contributed by atoms with Crippen LogP contribution in [0.3, 0.4) is 0 Å². The summed E-state index contributed by atoms with van der Waals surface area (Å²) in [7, 11) is 0. The fourth-order valence-corrected chi connectivity index (χ4v) is 3.84. The van der Waals surface area contributed by atoms with Gasteiger partial charge in [-0.1, -0.05) is 35.6 Å². The first-order valence-corrected chi connectivity index (χ1v) is 9.31. The number of nitrogens with two attached hydrogens (primary N) is 1. The Morgan fingerprint density at radius 3 is 2.23 bits per heavy atom. The number of hydrogen-bond acceptors (Lipinski definition) is 5. The minimum absolute atomic E-state index is 0.0739. The number of para-hydroxylation sites is 1. The van der Waals surface area contributed by atoms with E-state index in [2.05, 4.69) is 10.3 Å². The highest BCUT2D eigenvalue weighted by atomic mass is 32.1. The van der Waals surface area contributed by atoms with Gasteiger partial charge in [0.1, 0.15) is 10.7 Å². The van der Waals surface area contributed by atoms with Crippen LogP contribution in [0.25, 0.3) is 0 Å². The Morgan fingerprint density at radius 2 is 1.58 bits per heavy atom. The lowest BCUT2D eigenvalue weighted by molar-refractivity contribution is 0.104. The average Bonchev–Trinajstić information content (AvgIpc) is 2.94. The van der Waals surface area contributed by atoms with Gasteiger partial charge in [0.25, 0.3) is 0 Å². The van der Waals surface area contributed by atoms with Crippen molar-refractivity contribution in [3.05, 3.63) is 68.6 Å². The zero-order chi connectivity index (χ0) is 19.0. The van der Waals surface area contributed by atoms with E-state index in [1.54, 1.807) is 0 Å². The van der Waals surface area contributed by atoms with Crippen LogP contribution >= 0.6 is 11.3 Å². The summed E-state index contributed by atoms with van der Waals surface area (Å²) in [6.07, 6.45) is 0. The minimum atomic E-state index is -0.0739. The molecule has 0 aliphatic heterocycles. The van der Waals surface area contributed by atoms with E-state index < -0.39 is 0 Å².